The topological polar surface area (TPSA) is 69.4 Å². The fourth-order valence-electron chi connectivity index (χ4n) is 3.41. The number of carbonyl (C=O) groups is 2. The van der Waals surface area contributed by atoms with Crippen molar-refractivity contribution in [2.75, 3.05) is 7.11 Å². The molecule has 2 aliphatic rings. The predicted octanol–water partition coefficient (Wildman–Crippen LogP) is 4.42. The zero-order chi connectivity index (χ0) is 19.1. The van der Waals surface area contributed by atoms with Crippen molar-refractivity contribution in [3.05, 3.63) is 64.8 Å². The number of ether oxygens (including phenoxy) is 1. The van der Waals surface area contributed by atoms with Gasteiger partial charge in [0.25, 0.3) is 0 Å². The lowest BCUT2D eigenvalue weighted by atomic mass is 9.84. The number of methoxy groups -OCH3 is 1. The molecular formula is C22H27NO3. The molecule has 138 valence electrons. The van der Waals surface area contributed by atoms with Gasteiger partial charge in [-0.3, -0.25) is 9.59 Å². The van der Waals surface area contributed by atoms with Crippen LogP contribution >= 0.6 is 0 Å². The highest BCUT2D eigenvalue weighted by Crippen LogP contribution is 2.38. The maximum atomic E-state index is 11.8. The molecule has 1 atom stereocenters. The third-order valence-corrected chi connectivity index (χ3v) is 4.67. The molecular weight excluding hydrogens is 326 g/mol. The van der Waals surface area contributed by atoms with E-state index in [0.29, 0.717) is 5.56 Å². The first-order chi connectivity index (χ1) is 12.6. The number of benzene rings is 1. The zero-order valence-corrected chi connectivity index (χ0v) is 15.7. The number of allylic oxidation sites excluding steroid dienone is 5. The summed E-state index contributed by atoms with van der Waals surface area (Å²) < 4.78 is 4.88. The number of hydrogen-bond donors (Lipinski definition) is 1. The van der Waals surface area contributed by atoms with Gasteiger partial charge < -0.3 is 10.5 Å². The summed E-state index contributed by atoms with van der Waals surface area (Å²) in [5.41, 5.74) is 10.6. The predicted molar refractivity (Wildman–Crippen MR) is 104 cm³/mol. The number of nitrogens with two attached hydrogens (primary N) is 1. The number of carbonyl (C=O) groups excluding carboxylic acids is 2. The van der Waals surface area contributed by atoms with Crippen molar-refractivity contribution in [1.82, 2.24) is 0 Å². The fraction of sp³-hybridized carbons (Fsp3) is 0.364. The van der Waals surface area contributed by atoms with E-state index in [0.717, 1.165) is 36.8 Å². The van der Waals surface area contributed by atoms with E-state index in [2.05, 4.69) is 12.2 Å². The van der Waals surface area contributed by atoms with Gasteiger partial charge in [-0.2, -0.15) is 0 Å². The zero-order valence-electron chi connectivity index (χ0n) is 15.7. The minimum atomic E-state index is -0.422. The Morgan fingerprint density at radius 3 is 2.65 bits per heavy atom. The van der Waals surface area contributed by atoms with Crippen LogP contribution in [0.25, 0.3) is 5.57 Å². The summed E-state index contributed by atoms with van der Waals surface area (Å²) in [5.74, 6) is -0.805. The molecule has 1 amide bonds. The second kappa shape index (κ2) is 9.18. The van der Waals surface area contributed by atoms with E-state index in [1.807, 2.05) is 38.1 Å². The molecule has 3 rings (SSSR count). The SMILES string of the molecule is CC.COC(=O)C1C=CC2=C(CC1)C(c1cccc(C(N)=O)c1)=CCC2. The van der Waals surface area contributed by atoms with Gasteiger partial charge in [-0.25, -0.2) is 0 Å². The van der Waals surface area contributed by atoms with E-state index in [1.54, 1.807) is 6.07 Å². The largest absolute Gasteiger partial charge is 0.469 e. The third-order valence-electron chi connectivity index (χ3n) is 4.67. The van der Waals surface area contributed by atoms with Gasteiger partial charge in [0, 0.05) is 5.56 Å². The average molecular weight is 353 g/mol. The molecule has 2 N–H and O–H groups in total. The molecule has 0 bridgehead atoms. The van der Waals surface area contributed by atoms with E-state index in [1.165, 1.54) is 18.3 Å². The van der Waals surface area contributed by atoms with Gasteiger partial charge in [-0.05, 0) is 60.1 Å². The van der Waals surface area contributed by atoms with Gasteiger partial charge in [0.1, 0.15) is 0 Å². The number of primary amides is 1. The molecule has 26 heavy (non-hydrogen) atoms. The highest BCUT2D eigenvalue weighted by atomic mass is 16.5. The van der Waals surface area contributed by atoms with Crippen LogP contribution in [0.4, 0.5) is 0 Å². The first-order valence-electron chi connectivity index (χ1n) is 9.19. The van der Waals surface area contributed by atoms with Crippen LogP contribution in [0.1, 0.15) is 55.5 Å². The molecule has 4 nitrogen and oxygen atoms in total. The maximum absolute atomic E-state index is 11.8. The smallest absolute Gasteiger partial charge is 0.312 e. The Morgan fingerprint density at radius 1 is 1.19 bits per heavy atom. The maximum Gasteiger partial charge on any atom is 0.312 e. The summed E-state index contributed by atoms with van der Waals surface area (Å²) in [4.78, 5) is 23.3. The molecule has 1 unspecified atom stereocenters. The van der Waals surface area contributed by atoms with Gasteiger partial charge in [-0.15, -0.1) is 0 Å². The molecule has 0 heterocycles. The standard InChI is InChI=1S/C20H21NO3.C2H6/c1-24-20(23)14-9-8-13-4-3-7-17(18(13)11-10-14)15-5-2-6-16(12-15)19(21)22;1-2/h2,5-9,12,14H,3-4,10-11H2,1H3,(H2,21,22);1-2H3. The third kappa shape index (κ3) is 4.31. The molecule has 2 aliphatic carbocycles. The average Bonchev–Trinajstić information content (AvgIpc) is 2.91. The van der Waals surface area contributed by atoms with Crippen molar-refractivity contribution in [3.8, 4) is 0 Å². The van der Waals surface area contributed by atoms with Crippen LogP contribution in [0.2, 0.25) is 0 Å². The van der Waals surface area contributed by atoms with Crippen LogP contribution < -0.4 is 5.73 Å². The Bertz CT molecular complexity index is 771. The lowest BCUT2D eigenvalue weighted by Gasteiger charge is -2.20. The summed E-state index contributed by atoms with van der Waals surface area (Å²) in [6, 6.07) is 7.43. The van der Waals surface area contributed by atoms with Crippen LogP contribution in [0.15, 0.2) is 53.6 Å². The van der Waals surface area contributed by atoms with E-state index < -0.39 is 5.91 Å². The van der Waals surface area contributed by atoms with Crippen molar-refractivity contribution in [1.29, 1.82) is 0 Å². The molecule has 0 aromatic heterocycles. The van der Waals surface area contributed by atoms with Gasteiger partial charge in [0.2, 0.25) is 5.91 Å². The van der Waals surface area contributed by atoms with Crippen LogP contribution in [-0.2, 0) is 9.53 Å². The molecule has 0 radical (unpaired) electrons. The molecule has 0 fully saturated rings. The molecule has 0 aliphatic heterocycles. The second-order valence-corrected chi connectivity index (χ2v) is 6.13. The first kappa shape index (κ1) is 19.7. The number of esters is 1. The number of rotatable bonds is 3. The van der Waals surface area contributed by atoms with E-state index in [4.69, 9.17) is 10.5 Å². The second-order valence-electron chi connectivity index (χ2n) is 6.13. The van der Waals surface area contributed by atoms with E-state index in [-0.39, 0.29) is 11.9 Å². The Kier molecular flexibility index (Phi) is 6.96. The van der Waals surface area contributed by atoms with Gasteiger partial charge in [-0.1, -0.05) is 44.2 Å². The molecule has 0 saturated heterocycles. The summed E-state index contributed by atoms with van der Waals surface area (Å²) in [5, 5.41) is 0. The van der Waals surface area contributed by atoms with Gasteiger partial charge in [0.05, 0.1) is 13.0 Å². The Labute approximate surface area is 155 Å². The van der Waals surface area contributed by atoms with Gasteiger partial charge >= 0.3 is 5.97 Å². The van der Waals surface area contributed by atoms with Crippen molar-refractivity contribution < 1.29 is 14.3 Å². The van der Waals surface area contributed by atoms with E-state index >= 15 is 0 Å². The minimum absolute atomic E-state index is 0.188. The van der Waals surface area contributed by atoms with Gasteiger partial charge in [0.15, 0.2) is 0 Å². The van der Waals surface area contributed by atoms with E-state index in [9.17, 15) is 9.59 Å². The molecule has 0 saturated carbocycles. The number of hydrogen-bond acceptors (Lipinski definition) is 3. The van der Waals surface area contributed by atoms with Crippen LogP contribution in [0.3, 0.4) is 0 Å². The molecule has 0 spiro atoms. The summed E-state index contributed by atoms with van der Waals surface area (Å²) in [6.07, 6.45) is 9.70. The Morgan fingerprint density at radius 2 is 1.96 bits per heavy atom. The first-order valence-corrected chi connectivity index (χ1v) is 9.19. The summed E-state index contributed by atoms with van der Waals surface area (Å²) in [7, 11) is 1.43. The van der Waals surface area contributed by atoms with Crippen molar-refractivity contribution >= 4 is 17.4 Å². The lowest BCUT2D eigenvalue weighted by Crippen LogP contribution is -2.13. The molecule has 1 aromatic rings. The van der Waals surface area contributed by atoms with Crippen molar-refractivity contribution in [2.24, 2.45) is 11.7 Å². The van der Waals surface area contributed by atoms with Crippen LogP contribution in [-0.4, -0.2) is 19.0 Å². The fourth-order valence-corrected chi connectivity index (χ4v) is 3.41. The highest BCUT2D eigenvalue weighted by Gasteiger charge is 2.24. The lowest BCUT2D eigenvalue weighted by molar-refractivity contribution is -0.143. The van der Waals surface area contributed by atoms with Crippen LogP contribution in [0, 0.1) is 5.92 Å². The van der Waals surface area contributed by atoms with Crippen LogP contribution in [0.5, 0.6) is 0 Å². The Balaban J connectivity index is 0.00000117. The normalized spacial score (nSPS) is 18.7. The summed E-state index contributed by atoms with van der Waals surface area (Å²) >= 11 is 0. The molecule has 1 aromatic carbocycles. The molecule has 4 heteroatoms. The number of amides is 1. The Hall–Kier alpha value is -2.62. The minimum Gasteiger partial charge on any atom is -0.469 e. The van der Waals surface area contributed by atoms with Crippen molar-refractivity contribution in [2.45, 2.75) is 39.5 Å². The quantitative estimate of drug-likeness (QED) is 0.818. The monoisotopic (exact) mass is 353 g/mol. The highest BCUT2D eigenvalue weighted by molar-refractivity contribution is 5.94. The summed E-state index contributed by atoms with van der Waals surface area (Å²) in [6.45, 7) is 4.00. The van der Waals surface area contributed by atoms with Crippen molar-refractivity contribution in [3.63, 3.8) is 0 Å².